The maximum Gasteiger partial charge on any atom is 0.274 e. The zero-order valence-electron chi connectivity index (χ0n) is 16.9. The molecule has 8 heteroatoms. The van der Waals surface area contributed by atoms with E-state index < -0.39 is 0 Å². The standard InChI is InChI=1S/C22H26FN5O2/c23-19-5-1-3-17(13-19)15-26-8-2-4-18(16-26)21(29)27-9-11-28(12-10-27)22(30)20-14-24-6-7-25-20/h1,3,5-7,13-14,18H,2,4,8-12,15-16H2. The van der Waals surface area contributed by atoms with Gasteiger partial charge in [-0.1, -0.05) is 12.1 Å². The van der Waals surface area contributed by atoms with Crippen molar-refractivity contribution in [1.29, 1.82) is 0 Å². The summed E-state index contributed by atoms with van der Waals surface area (Å²) in [4.78, 5) is 39.4. The molecule has 2 saturated heterocycles. The zero-order chi connectivity index (χ0) is 20.9. The third-order valence-corrected chi connectivity index (χ3v) is 5.81. The molecule has 1 aromatic heterocycles. The second-order valence-electron chi connectivity index (χ2n) is 7.91. The second kappa shape index (κ2) is 9.30. The quantitative estimate of drug-likeness (QED) is 0.768. The van der Waals surface area contributed by atoms with Crippen LogP contribution in [0.25, 0.3) is 0 Å². The summed E-state index contributed by atoms with van der Waals surface area (Å²) < 4.78 is 13.5. The number of halogens is 1. The molecule has 1 unspecified atom stereocenters. The van der Waals surface area contributed by atoms with Gasteiger partial charge in [-0.05, 0) is 37.1 Å². The lowest BCUT2D eigenvalue weighted by Gasteiger charge is -2.39. The fourth-order valence-electron chi connectivity index (χ4n) is 4.25. The smallest absolute Gasteiger partial charge is 0.274 e. The van der Waals surface area contributed by atoms with Crippen LogP contribution in [0.1, 0.15) is 28.9 Å². The molecule has 0 radical (unpaired) electrons. The summed E-state index contributed by atoms with van der Waals surface area (Å²) in [6.07, 6.45) is 6.34. The predicted octanol–water partition coefficient (Wildman–Crippen LogP) is 1.81. The normalized spacial score (nSPS) is 20.2. The molecule has 3 heterocycles. The number of aromatic nitrogens is 2. The third-order valence-electron chi connectivity index (χ3n) is 5.81. The molecule has 2 aliphatic heterocycles. The first-order valence-corrected chi connectivity index (χ1v) is 10.4. The highest BCUT2D eigenvalue weighted by Crippen LogP contribution is 2.22. The van der Waals surface area contributed by atoms with E-state index in [0.717, 1.165) is 24.9 Å². The highest BCUT2D eigenvalue weighted by Gasteiger charge is 2.32. The van der Waals surface area contributed by atoms with E-state index in [9.17, 15) is 14.0 Å². The summed E-state index contributed by atoms with van der Waals surface area (Å²) in [7, 11) is 0. The van der Waals surface area contributed by atoms with Crippen LogP contribution in [0.4, 0.5) is 4.39 Å². The number of benzene rings is 1. The third kappa shape index (κ3) is 4.81. The first kappa shape index (κ1) is 20.4. The van der Waals surface area contributed by atoms with Gasteiger partial charge in [-0.2, -0.15) is 0 Å². The minimum atomic E-state index is -0.231. The van der Waals surface area contributed by atoms with Gasteiger partial charge in [0, 0.05) is 51.7 Å². The van der Waals surface area contributed by atoms with Gasteiger partial charge < -0.3 is 9.80 Å². The molecule has 4 rings (SSSR count). The van der Waals surface area contributed by atoms with Gasteiger partial charge in [0.2, 0.25) is 5.91 Å². The number of piperazine rings is 1. The van der Waals surface area contributed by atoms with Crippen LogP contribution in [-0.4, -0.2) is 75.8 Å². The van der Waals surface area contributed by atoms with Crippen LogP contribution in [0.2, 0.25) is 0 Å². The Balaban J connectivity index is 1.30. The van der Waals surface area contributed by atoms with Crippen molar-refractivity contribution in [3.8, 4) is 0 Å². The second-order valence-corrected chi connectivity index (χ2v) is 7.91. The average molecular weight is 411 g/mol. The Kier molecular flexibility index (Phi) is 6.32. The number of hydrogen-bond acceptors (Lipinski definition) is 5. The van der Waals surface area contributed by atoms with Gasteiger partial charge in [-0.3, -0.25) is 19.5 Å². The van der Waals surface area contributed by atoms with E-state index in [-0.39, 0.29) is 23.5 Å². The van der Waals surface area contributed by atoms with Gasteiger partial charge in [0.25, 0.3) is 5.91 Å². The molecule has 0 N–H and O–H groups in total. The molecule has 2 aliphatic rings. The summed E-state index contributed by atoms with van der Waals surface area (Å²) in [6, 6.07) is 6.64. The monoisotopic (exact) mass is 411 g/mol. The van der Waals surface area contributed by atoms with Crippen LogP contribution in [0.5, 0.6) is 0 Å². The minimum absolute atomic E-state index is 0.0467. The van der Waals surface area contributed by atoms with Crippen molar-refractivity contribution in [2.24, 2.45) is 5.92 Å². The van der Waals surface area contributed by atoms with Gasteiger partial charge in [-0.25, -0.2) is 9.37 Å². The van der Waals surface area contributed by atoms with Crippen molar-refractivity contribution in [3.63, 3.8) is 0 Å². The lowest BCUT2D eigenvalue weighted by atomic mass is 9.95. The predicted molar refractivity (Wildman–Crippen MR) is 109 cm³/mol. The highest BCUT2D eigenvalue weighted by molar-refractivity contribution is 5.92. The Morgan fingerprint density at radius 3 is 2.60 bits per heavy atom. The van der Waals surface area contributed by atoms with Crippen LogP contribution < -0.4 is 0 Å². The Hall–Kier alpha value is -2.87. The van der Waals surface area contributed by atoms with Crippen molar-refractivity contribution < 1.29 is 14.0 Å². The average Bonchev–Trinajstić information content (AvgIpc) is 2.79. The first-order chi connectivity index (χ1) is 14.6. The van der Waals surface area contributed by atoms with E-state index in [4.69, 9.17) is 0 Å². The number of rotatable bonds is 4. The molecule has 1 aromatic carbocycles. The van der Waals surface area contributed by atoms with Crippen molar-refractivity contribution >= 4 is 11.8 Å². The van der Waals surface area contributed by atoms with Crippen LogP contribution in [-0.2, 0) is 11.3 Å². The van der Waals surface area contributed by atoms with Crippen LogP contribution >= 0.6 is 0 Å². The van der Waals surface area contributed by atoms with Crippen molar-refractivity contribution in [3.05, 3.63) is 59.9 Å². The van der Waals surface area contributed by atoms with Crippen molar-refractivity contribution in [2.45, 2.75) is 19.4 Å². The first-order valence-electron chi connectivity index (χ1n) is 10.4. The van der Waals surface area contributed by atoms with Crippen LogP contribution in [0.3, 0.4) is 0 Å². The lowest BCUT2D eigenvalue weighted by molar-refractivity contribution is -0.139. The fourth-order valence-corrected chi connectivity index (χ4v) is 4.25. The molecule has 30 heavy (non-hydrogen) atoms. The topological polar surface area (TPSA) is 69.6 Å². The number of amides is 2. The van der Waals surface area contributed by atoms with E-state index in [1.165, 1.54) is 24.7 Å². The zero-order valence-corrected chi connectivity index (χ0v) is 16.9. The number of nitrogens with zero attached hydrogens (tertiary/aromatic N) is 5. The Labute approximate surface area is 175 Å². The minimum Gasteiger partial charge on any atom is -0.339 e. The fraction of sp³-hybridized carbons (Fsp3) is 0.455. The van der Waals surface area contributed by atoms with E-state index in [0.29, 0.717) is 45.0 Å². The molecule has 2 amide bonds. The molecule has 0 spiro atoms. The number of piperidine rings is 1. The van der Waals surface area contributed by atoms with E-state index in [1.54, 1.807) is 17.0 Å². The van der Waals surface area contributed by atoms with Crippen molar-refractivity contribution in [1.82, 2.24) is 24.7 Å². The van der Waals surface area contributed by atoms with E-state index >= 15 is 0 Å². The molecule has 7 nitrogen and oxygen atoms in total. The van der Waals surface area contributed by atoms with Crippen molar-refractivity contribution in [2.75, 3.05) is 39.3 Å². The maximum atomic E-state index is 13.5. The molecule has 2 fully saturated rings. The summed E-state index contributed by atoms with van der Waals surface area (Å²) in [5.41, 5.74) is 1.26. The van der Waals surface area contributed by atoms with Crippen LogP contribution in [0.15, 0.2) is 42.9 Å². The number of likely N-dealkylation sites (tertiary alicyclic amines) is 1. The number of carbonyl (C=O) groups excluding carboxylic acids is 2. The van der Waals surface area contributed by atoms with Crippen LogP contribution in [0, 0.1) is 11.7 Å². The lowest BCUT2D eigenvalue weighted by Crippen LogP contribution is -2.53. The number of hydrogen-bond donors (Lipinski definition) is 0. The largest absolute Gasteiger partial charge is 0.339 e. The maximum absolute atomic E-state index is 13.5. The van der Waals surface area contributed by atoms with Gasteiger partial charge in [0.1, 0.15) is 11.5 Å². The summed E-state index contributed by atoms with van der Waals surface area (Å²) in [5.74, 6) is -0.264. The van der Waals surface area contributed by atoms with Gasteiger partial charge in [0.05, 0.1) is 12.1 Å². The van der Waals surface area contributed by atoms with E-state index in [2.05, 4.69) is 14.9 Å². The Morgan fingerprint density at radius 2 is 1.87 bits per heavy atom. The molecule has 0 aliphatic carbocycles. The molecule has 1 atom stereocenters. The molecule has 0 bridgehead atoms. The number of carbonyl (C=O) groups is 2. The molecule has 158 valence electrons. The SMILES string of the molecule is O=C(c1cnccn1)N1CCN(C(=O)C2CCCN(Cc3cccc(F)c3)C2)CC1. The van der Waals surface area contributed by atoms with Gasteiger partial charge in [0.15, 0.2) is 0 Å². The Morgan fingerprint density at radius 1 is 1.07 bits per heavy atom. The van der Waals surface area contributed by atoms with Gasteiger partial charge >= 0.3 is 0 Å². The summed E-state index contributed by atoms with van der Waals surface area (Å²) in [5, 5.41) is 0. The Bertz CT molecular complexity index is 886. The van der Waals surface area contributed by atoms with E-state index in [1.807, 2.05) is 11.0 Å². The highest BCUT2D eigenvalue weighted by atomic mass is 19.1. The molecular weight excluding hydrogens is 385 g/mol. The molecule has 2 aromatic rings. The summed E-state index contributed by atoms with van der Waals surface area (Å²) >= 11 is 0. The van der Waals surface area contributed by atoms with Gasteiger partial charge in [-0.15, -0.1) is 0 Å². The molecule has 0 saturated carbocycles. The molecular formula is C22H26FN5O2. The summed E-state index contributed by atoms with van der Waals surface area (Å²) in [6.45, 7) is 4.33.